The Labute approximate surface area is 113 Å². The van der Waals surface area contributed by atoms with Crippen molar-refractivity contribution in [1.29, 1.82) is 5.26 Å². The number of benzene rings is 1. The van der Waals surface area contributed by atoms with Crippen molar-refractivity contribution < 1.29 is 8.78 Å². The van der Waals surface area contributed by atoms with Crippen molar-refractivity contribution in [3.63, 3.8) is 0 Å². The summed E-state index contributed by atoms with van der Waals surface area (Å²) in [5.41, 5.74) is 1.14. The first-order valence-electron chi connectivity index (χ1n) is 5.89. The van der Waals surface area contributed by atoms with E-state index in [4.69, 9.17) is 5.26 Å². The lowest BCUT2D eigenvalue weighted by atomic mass is 10.1. The van der Waals surface area contributed by atoms with Crippen LogP contribution in [0.25, 0.3) is 0 Å². The van der Waals surface area contributed by atoms with Gasteiger partial charge in [0.25, 0.3) is 0 Å². The van der Waals surface area contributed by atoms with Crippen LogP contribution in [0.1, 0.15) is 16.0 Å². The van der Waals surface area contributed by atoms with Gasteiger partial charge in [0.05, 0.1) is 11.3 Å². The van der Waals surface area contributed by atoms with Gasteiger partial charge in [0.1, 0.15) is 6.07 Å². The standard InChI is InChI=1S/C14H10F2N2S/c15-13-9(7-17)1-2-11(14(13)16)18-5-3-12-10(8-18)4-6-19-12/h1-2,4,6H,3,5,8H2. The molecule has 0 fully saturated rings. The van der Waals surface area contributed by atoms with Crippen molar-refractivity contribution in [2.75, 3.05) is 11.4 Å². The molecule has 1 aliphatic heterocycles. The molecule has 0 atom stereocenters. The number of hydrogen-bond acceptors (Lipinski definition) is 3. The van der Waals surface area contributed by atoms with Gasteiger partial charge in [0, 0.05) is 18.0 Å². The van der Waals surface area contributed by atoms with E-state index in [1.807, 2.05) is 16.3 Å². The number of hydrogen-bond donors (Lipinski definition) is 0. The third-order valence-corrected chi connectivity index (χ3v) is 4.35. The second kappa shape index (κ2) is 4.63. The molecule has 3 rings (SSSR count). The van der Waals surface area contributed by atoms with E-state index in [2.05, 4.69) is 0 Å². The minimum Gasteiger partial charge on any atom is -0.364 e. The summed E-state index contributed by atoms with van der Waals surface area (Å²) >= 11 is 1.70. The van der Waals surface area contributed by atoms with Gasteiger partial charge in [0.2, 0.25) is 0 Å². The third-order valence-electron chi connectivity index (χ3n) is 3.33. The molecule has 96 valence electrons. The molecule has 0 N–H and O–H groups in total. The van der Waals surface area contributed by atoms with Gasteiger partial charge >= 0.3 is 0 Å². The number of nitriles is 1. The molecule has 0 saturated heterocycles. The first kappa shape index (κ1) is 12.1. The van der Waals surface area contributed by atoms with Gasteiger partial charge in [0.15, 0.2) is 11.6 Å². The van der Waals surface area contributed by atoms with Gasteiger partial charge in [-0.25, -0.2) is 8.78 Å². The van der Waals surface area contributed by atoms with E-state index in [0.717, 1.165) is 6.42 Å². The summed E-state index contributed by atoms with van der Waals surface area (Å²) in [6.45, 7) is 1.25. The molecule has 2 aromatic rings. The molecule has 2 heterocycles. The summed E-state index contributed by atoms with van der Waals surface area (Å²) < 4.78 is 27.6. The van der Waals surface area contributed by atoms with Crippen LogP contribution >= 0.6 is 11.3 Å². The second-order valence-electron chi connectivity index (χ2n) is 4.41. The van der Waals surface area contributed by atoms with Gasteiger partial charge in [-0.05, 0) is 35.6 Å². The number of halogens is 2. The number of nitrogens with zero attached hydrogens (tertiary/aromatic N) is 2. The quantitative estimate of drug-likeness (QED) is 0.797. The van der Waals surface area contributed by atoms with Gasteiger partial charge in [-0.3, -0.25) is 0 Å². The van der Waals surface area contributed by atoms with Crippen LogP contribution in [0.3, 0.4) is 0 Å². The van der Waals surface area contributed by atoms with Crippen LogP contribution in [-0.4, -0.2) is 6.54 Å². The molecule has 19 heavy (non-hydrogen) atoms. The van der Waals surface area contributed by atoms with E-state index in [1.165, 1.54) is 22.6 Å². The van der Waals surface area contributed by atoms with E-state index in [9.17, 15) is 8.78 Å². The lowest BCUT2D eigenvalue weighted by molar-refractivity contribution is 0.502. The molecule has 0 spiro atoms. The normalized spacial score (nSPS) is 14.1. The minimum absolute atomic E-state index is 0.230. The summed E-state index contributed by atoms with van der Waals surface area (Å²) in [6.07, 6.45) is 0.841. The zero-order valence-electron chi connectivity index (χ0n) is 9.99. The Kier molecular flexibility index (Phi) is 2.96. The van der Waals surface area contributed by atoms with E-state index < -0.39 is 11.6 Å². The molecule has 1 aliphatic rings. The fraction of sp³-hybridized carbons (Fsp3) is 0.214. The fourth-order valence-corrected chi connectivity index (χ4v) is 3.21. The minimum atomic E-state index is -1.06. The molecular weight excluding hydrogens is 266 g/mol. The Morgan fingerprint density at radius 1 is 1.21 bits per heavy atom. The van der Waals surface area contributed by atoms with Crippen LogP contribution in [0.5, 0.6) is 0 Å². The Balaban J connectivity index is 1.97. The summed E-state index contributed by atoms with van der Waals surface area (Å²) in [5, 5.41) is 10.7. The topological polar surface area (TPSA) is 27.0 Å². The number of fused-ring (bicyclic) bond motifs is 1. The highest BCUT2D eigenvalue weighted by atomic mass is 32.1. The van der Waals surface area contributed by atoms with Gasteiger partial charge in [-0.15, -0.1) is 11.3 Å². The van der Waals surface area contributed by atoms with Gasteiger partial charge < -0.3 is 4.90 Å². The first-order valence-corrected chi connectivity index (χ1v) is 6.77. The molecule has 2 nitrogen and oxygen atoms in total. The highest BCUT2D eigenvalue weighted by Gasteiger charge is 2.22. The van der Waals surface area contributed by atoms with E-state index in [0.29, 0.717) is 13.1 Å². The molecule has 0 amide bonds. The van der Waals surface area contributed by atoms with E-state index >= 15 is 0 Å². The third kappa shape index (κ3) is 1.98. The smallest absolute Gasteiger partial charge is 0.183 e. The highest BCUT2D eigenvalue weighted by molar-refractivity contribution is 7.10. The number of rotatable bonds is 1. The molecule has 0 unspecified atom stereocenters. The Morgan fingerprint density at radius 2 is 2.05 bits per heavy atom. The van der Waals surface area contributed by atoms with Crippen LogP contribution in [-0.2, 0) is 13.0 Å². The zero-order chi connectivity index (χ0) is 13.4. The van der Waals surface area contributed by atoms with Crippen molar-refractivity contribution in [2.45, 2.75) is 13.0 Å². The predicted octanol–water partition coefficient (Wildman–Crippen LogP) is 3.46. The molecule has 5 heteroatoms. The molecule has 0 aliphatic carbocycles. The lowest BCUT2D eigenvalue weighted by Gasteiger charge is -2.29. The number of thiophene rings is 1. The SMILES string of the molecule is N#Cc1ccc(N2CCc3sccc3C2)c(F)c1F. The summed E-state index contributed by atoms with van der Waals surface area (Å²) in [4.78, 5) is 3.13. The summed E-state index contributed by atoms with van der Waals surface area (Å²) in [7, 11) is 0. The predicted molar refractivity (Wildman–Crippen MR) is 70.1 cm³/mol. The molecule has 0 bridgehead atoms. The Bertz CT molecular complexity index is 673. The maximum Gasteiger partial charge on any atom is 0.183 e. The largest absolute Gasteiger partial charge is 0.364 e. The average molecular weight is 276 g/mol. The zero-order valence-corrected chi connectivity index (χ0v) is 10.8. The van der Waals surface area contributed by atoms with Crippen molar-refractivity contribution in [1.82, 2.24) is 0 Å². The maximum absolute atomic E-state index is 14.0. The van der Waals surface area contributed by atoms with Gasteiger partial charge in [-0.1, -0.05) is 0 Å². The van der Waals surface area contributed by atoms with Crippen molar-refractivity contribution >= 4 is 17.0 Å². The molecule has 1 aromatic carbocycles. The second-order valence-corrected chi connectivity index (χ2v) is 5.41. The first-order chi connectivity index (χ1) is 9.20. The van der Waals surface area contributed by atoms with Crippen LogP contribution in [0, 0.1) is 23.0 Å². The van der Waals surface area contributed by atoms with Crippen molar-refractivity contribution in [3.8, 4) is 6.07 Å². The van der Waals surface area contributed by atoms with Crippen LogP contribution in [0.4, 0.5) is 14.5 Å². The molecule has 0 saturated carbocycles. The number of anilines is 1. The van der Waals surface area contributed by atoms with Crippen LogP contribution in [0.15, 0.2) is 23.6 Å². The van der Waals surface area contributed by atoms with E-state index in [1.54, 1.807) is 17.4 Å². The van der Waals surface area contributed by atoms with Crippen molar-refractivity contribution in [3.05, 3.63) is 51.2 Å². The molecular formula is C14H10F2N2S. The highest BCUT2D eigenvalue weighted by Crippen LogP contribution is 2.30. The monoisotopic (exact) mass is 276 g/mol. The average Bonchev–Trinajstić information content (AvgIpc) is 2.89. The summed E-state index contributed by atoms with van der Waals surface area (Å²) in [5.74, 6) is -1.99. The van der Waals surface area contributed by atoms with Crippen LogP contribution in [0.2, 0.25) is 0 Å². The Hall–Kier alpha value is -1.93. The molecule has 0 radical (unpaired) electrons. The Morgan fingerprint density at radius 3 is 2.84 bits per heavy atom. The van der Waals surface area contributed by atoms with Gasteiger partial charge in [-0.2, -0.15) is 5.26 Å². The summed E-state index contributed by atoms with van der Waals surface area (Å²) in [6, 6.07) is 6.47. The lowest BCUT2D eigenvalue weighted by Crippen LogP contribution is -2.30. The fourth-order valence-electron chi connectivity index (χ4n) is 2.32. The van der Waals surface area contributed by atoms with E-state index in [-0.39, 0.29) is 11.3 Å². The van der Waals surface area contributed by atoms with Crippen molar-refractivity contribution in [2.24, 2.45) is 0 Å². The van der Waals surface area contributed by atoms with Crippen LogP contribution < -0.4 is 4.90 Å². The maximum atomic E-state index is 14.0. The molecule has 1 aromatic heterocycles.